The Morgan fingerprint density at radius 1 is 1.43 bits per heavy atom. The largest absolute Gasteiger partial charge is 0.493 e. The second-order valence-electron chi connectivity index (χ2n) is 5.09. The van der Waals surface area contributed by atoms with Crippen LogP contribution >= 0.6 is 15.9 Å². The predicted octanol–water partition coefficient (Wildman–Crippen LogP) is 3.25. The van der Waals surface area contributed by atoms with E-state index < -0.39 is 5.97 Å². The number of carboxylic acids is 1. The smallest absolute Gasteiger partial charge is 0.303 e. The molecule has 1 N–H and O–H groups in total. The number of hydrogen-bond acceptors (Lipinski definition) is 4. The van der Waals surface area contributed by atoms with Crippen molar-refractivity contribution in [1.82, 2.24) is 0 Å². The number of carbonyl (C=O) groups is 2. The van der Waals surface area contributed by atoms with Gasteiger partial charge >= 0.3 is 5.97 Å². The van der Waals surface area contributed by atoms with E-state index in [0.717, 1.165) is 18.4 Å². The monoisotopic (exact) mass is 356 g/mol. The van der Waals surface area contributed by atoms with Crippen molar-refractivity contribution in [3.8, 4) is 11.5 Å². The van der Waals surface area contributed by atoms with Gasteiger partial charge in [-0.25, -0.2) is 0 Å². The molecule has 1 unspecified atom stereocenters. The topological polar surface area (TPSA) is 72.8 Å². The summed E-state index contributed by atoms with van der Waals surface area (Å²) >= 11 is 3.35. The first kappa shape index (κ1) is 15.8. The van der Waals surface area contributed by atoms with E-state index in [-0.39, 0.29) is 12.3 Å². The zero-order valence-corrected chi connectivity index (χ0v) is 13.5. The summed E-state index contributed by atoms with van der Waals surface area (Å²) < 4.78 is 11.3. The number of halogens is 1. The van der Waals surface area contributed by atoms with Crippen molar-refractivity contribution < 1.29 is 24.2 Å². The molecule has 114 valence electrons. The molecule has 0 bridgehead atoms. The first-order chi connectivity index (χ1) is 10.0. The molecule has 1 atom stereocenters. The molecule has 0 radical (unpaired) electrons. The summed E-state index contributed by atoms with van der Waals surface area (Å²) in [5.41, 5.74) is 1.14. The minimum atomic E-state index is -0.844. The molecule has 0 heterocycles. The number of hydrogen-bond donors (Lipinski definition) is 1. The van der Waals surface area contributed by atoms with Crippen molar-refractivity contribution in [3.63, 3.8) is 0 Å². The number of methoxy groups -OCH3 is 2. The fourth-order valence-electron chi connectivity index (χ4n) is 2.66. The third-order valence-corrected chi connectivity index (χ3v) is 4.42. The van der Waals surface area contributed by atoms with E-state index in [1.807, 2.05) is 0 Å². The Morgan fingerprint density at radius 2 is 2.05 bits per heavy atom. The maximum Gasteiger partial charge on any atom is 0.303 e. The molecule has 0 aliphatic heterocycles. The minimum absolute atomic E-state index is 0.0387. The van der Waals surface area contributed by atoms with Gasteiger partial charge in [-0.15, -0.1) is 0 Å². The summed E-state index contributed by atoms with van der Waals surface area (Å²) in [7, 11) is 2.96. The van der Waals surface area contributed by atoms with Crippen LogP contribution in [0.3, 0.4) is 0 Å². The van der Waals surface area contributed by atoms with Gasteiger partial charge in [0.05, 0.1) is 26.2 Å². The van der Waals surface area contributed by atoms with Gasteiger partial charge in [-0.05, 0) is 40.8 Å². The van der Waals surface area contributed by atoms with Crippen LogP contribution in [0.25, 0.3) is 0 Å². The third kappa shape index (κ3) is 3.20. The van der Waals surface area contributed by atoms with Crippen LogP contribution in [0.1, 0.15) is 41.1 Å². The number of rotatable bonds is 7. The van der Waals surface area contributed by atoms with Gasteiger partial charge in [0.1, 0.15) is 0 Å². The summed E-state index contributed by atoms with van der Waals surface area (Å²) in [6, 6.07) is 1.77. The van der Waals surface area contributed by atoms with Crippen LogP contribution in [0, 0.1) is 5.92 Å². The lowest BCUT2D eigenvalue weighted by atomic mass is 9.89. The Morgan fingerprint density at radius 3 is 2.48 bits per heavy atom. The molecule has 1 aliphatic rings. The molecule has 0 amide bonds. The zero-order valence-electron chi connectivity index (χ0n) is 11.9. The number of ether oxygens (including phenoxy) is 2. The number of carboxylic acid groups (broad SMARTS) is 1. The lowest BCUT2D eigenvalue weighted by molar-refractivity contribution is -0.137. The quantitative estimate of drug-likeness (QED) is 0.759. The molecule has 1 aromatic carbocycles. The number of aldehydes is 1. The van der Waals surface area contributed by atoms with E-state index in [1.165, 1.54) is 14.2 Å². The Hall–Kier alpha value is -1.56. The van der Waals surface area contributed by atoms with E-state index in [2.05, 4.69) is 15.9 Å². The van der Waals surface area contributed by atoms with Crippen LogP contribution in [0.5, 0.6) is 11.5 Å². The highest BCUT2D eigenvalue weighted by molar-refractivity contribution is 9.10. The second kappa shape index (κ2) is 6.47. The molecule has 6 heteroatoms. The molecule has 0 aromatic heterocycles. The number of carbonyl (C=O) groups excluding carboxylic acids is 1. The summed E-state index contributed by atoms with van der Waals surface area (Å²) in [6.07, 6.45) is 2.75. The van der Waals surface area contributed by atoms with Crippen molar-refractivity contribution >= 4 is 28.2 Å². The molecular formula is C15H17BrO5. The van der Waals surface area contributed by atoms with E-state index in [9.17, 15) is 9.59 Å². The van der Waals surface area contributed by atoms with Gasteiger partial charge in [0, 0.05) is 16.0 Å². The standard InChI is InChI=1S/C15H17BrO5/c1-20-14-10(9(6-13(18)19)8-3-4-8)5-12(16)11(7-17)15(14)21-2/h5,7-9H,3-4,6H2,1-2H3,(H,18,19). The molecule has 21 heavy (non-hydrogen) atoms. The van der Waals surface area contributed by atoms with Crippen LogP contribution in [-0.2, 0) is 4.79 Å². The number of benzene rings is 1. The van der Waals surface area contributed by atoms with E-state index >= 15 is 0 Å². The lowest BCUT2D eigenvalue weighted by Crippen LogP contribution is -2.11. The van der Waals surface area contributed by atoms with Gasteiger partial charge < -0.3 is 14.6 Å². The third-order valence-electron chi connectivity index (χ3n) is 3.76. The van der Waals surface area contributed by atoms with Crippen molar-refractivity contribution in [2.24, 2.45) is 5.92 Å². The second-order valence-corrected chi connectivity index (χ2v) is 5.94. The molecule has 1 saturated carbocycles. The van der Waals surface area contributed by atoms with Crippen molar-refractivity contribution in [1.29, 1.82) is 0 Å². The SMILES string of the molecule is COc1c(C(CC(=O)O)C2CC2)cc(Br)c(C=O)c1OC. The van der Waals surface area contributed by atoms with Gasteiger partial charge in [0.25, 0.3) is 0 Å². The van der Waals surface area contributed by atoms with E-state index in [1.54, 1.807) is 6.07 Å². The molecule has 5 nitrogen and oxygen atoms in total. The zero-order chi connectivity index (χ0) is 15.6. The maximum atomic E-state index is 11.2. The van der Waals surface area contributed by atoms with Gasteiger partial charge in [0.2, 0.25) is 0 Å². The lowest BCUT2D eigenvalue weighted by Gasteiger charge is -2.21. The summed E-state index contributed by atoms with van der Waals surface area (Å²) in [5, 5.41) is 9.14. The number of aliphatic carboxylic acids is 1. The van der Waals surface area contributed by atoms with Crippen molar-refractivity contribution in [3.05, 3.63) is 21.7 Å². The minimum Gasteiger partial charge on any atom is -0.493 e. The highest BCUT2D eigenvalue weighted by Crippen LogP contribution is 2.50. The van der Waals surface area contributed by atoms with Crippen molar-refractivity contribution in [2.75, 3.05) is 14.2 Å². The highest BCUT2D eigenvalue weighted by atomic mass is 79.9. The Bertz CT molecular complexity index is 566. The van der Waals surface area contributed by atoms with Gasteiger partial charge in [-0.3, -0.25) is 9.59 Å². The Kier molecular flexibility index (Phi) is 4.88. The average Bonchev–Trinajstić information content (AvgIpc) is 3.27. The maximum absolute atomic E-state index is 11.2. The van der Waals surface area contributed by atoms with Gasteiger partial charge in [-0.2, -0.15) is 0 Å². The van der Waals surface area contributed by atoms with Gasteiger partial charge in [0.15, 0.2) is 17.8 Å². The molecule has 1 aromatic rings. The van der Waals surface area contributed by atoms with Crippen LogP contribution in [-0.4, -0.2) is 31.6 Å². The molecule has 0 saturated heterocycles. The predicted molar refractivity (Wildman–Crippen MR) is 80.4 cm³/mol. The van der Waals surface area contributed by atoms with Crippen LogP contribution in [0.4, 0.5) is 0 Å². The summed E-state index contributed by atoms with van der Waals surface area (Å²) in [5.74, 6) is 0.148. The Balaban J connectivity index is 2.57. The van der Waals surface area contributed by atoms with Crippen LogP contribution in [0.2, 0.25) is 0 Å². The fraction of sp³-hybridized carbons (Fsp3) is 0.467. The Labute approximate surface area is 131 Å². The molecule has 0 spiro atoms. The first-order valence-corrected chi connectivity index (χ1v) is 7.44. The molecular weight excluding hydrogens is 340 g/mol. The summed E-state index contributed by atoms with van der Waals surface area (Å²) in [4.78, 5) is 22.4. The highest BCUT2D eigenvalue weighted by Gasteiger charge is 2.37. The van der Waals surface area contributed by atoms with Crippen LogP contribution in [0.15, 0.2) is 10.5 Å². The van der Waals surface area contributed by atoms with E-state index in [0.29, 0.717) is 33.7 Å². The fourth-order valence-corrected chi connectivity index (χ4v) is 3.18. The van der Waals surface area contributed by atoms with Crippen molar-refractivity contribution in [2.45, 2.75) is 25.2 Å². The van der Waals surface area contributed by atoms with Crippen LogP contribution < -0.4 is 9.47 Å². The molecule has 2 rings (SSSR count). The average molecular weight is 357 g/mol. The molecule has 1 fully saturated rings. The summed E-state index contributed by atoms with van der Waals surface area (Å²) in [6.45, 7) is 0. The van der Waals surface area contributed by atoms with E-state index in [4.69, 9.17) is 14.6 Å². The molecule has 1 aliphatic carbocycles. The first-order valence-electron chi connectivity index (χ1n) is 6.64. The normalized spacial score (nSPS) is 15.4. The van der Waals surface area contributed by atoms with Gasteiger partial charge in [-0.1, -0.05) is 0 Å².